The molecule has 0 bridgehead atoms. The van der Waals surface area contributed by atoms with E-state index < -0.39 is 44.4 Å². The molecule has 0 radical (unpaired) electrons. The molecule has 25 heavy (non-hydrogen) atoms. The number of hydrogen-bond acceptors (Lipinski definition) is 5. The summed E-state index contributed by atoms with van der Waals surface area (Å²) < 4.78 is 58.5. The highest BCUT2D eigenvalue weighted by Gasteiger charge is 2.39. The van der Waals surface area contributed by atoms with Crippen LogP contribution >= 0.6 is 0 Å². The number of carbonyl (C=O) groups excluding carboxylic acids is 2. The van der Waals surface area contributed by atoms with Crippen LogP contribution < -0.4 is 0 Å². The summed E-state index contributed by atoms with van der Waals surface area (Å²) in [6.07, 6.45) is 0.402. The van der Waals surface area contributed by atoms with Gasteiger partial charge in [-0.25, -0.2) is 17.2 Å². The number of nitrogens with zero attached hydrogens (tertiary/aromatic N) is 2. The molecule has 0 aliphatic carbocycles. The molecule has 2 saturated heterocycles. The number of rotatable bonds is 3. The molecule has 0 unspecified atom stereocenters. The summed E-state index contributed by atoms with van der Waals surface area (Å²) in [5, 5.41) is 0. The van der Waals surface area contributed by atoms with Crippen molar-refractivity contribution in [2.24, 2.45) is 0 Å². The van der Waals surface area contributed by atoms with Crippen LogP contribution in [0.15, 0.2) is 23.1 Å². The molecule has 1 aromatic carbocycles. The van der Waals surface area contributed by atoms with Crippen molar-refractivity contribution in [1.82, 2.24) is 9.21 Å². The monoisotopic (exact) mass is 374 g/mol. The molecule has 2 aliphatic heterocycles. The summed E-state index contributed by atoms with van der Waals surface area (Å²) in [4.78, 5) is 23.8. The fourth-order valence-corrected chi connectivity index (χ4v) is 4.69. The second-order valence-corrected chi connectivity index (χ2v) is 7.71. The van der Waals surface area contributed by atoms with Crippen molar-refractivity contribution in [1.29, 1.82) is 0 Å². The summed E-state index contributed by atoms with van der Waals surface area (Å²) in [5.41, 5.74) is 0. The van der Waals surface area contributed by atoms with E-state index >= 15 is 0 Å². The van der Waals surface area contributed by atoms with Crippen LogP contribution in [0.1, 0.15) is 12.8 Å². The van der Waals surface area contributed by atoms with E-state index in [2.05, 4.69) is 0 Å². The van der Waals surface area contributed by atoms with E-state index in [1.807, 2.05) is 0 Å². The second kappa shape index (κ2) is 6.77. The Balaban J connectivity index is 1.76. The Morgan fingerprint density at radius 3 is 2.04 bits per heavy atom. The van der Waals surface area contributed by atoms with Gasteiger partial charge in [-0.2, -0.15) is 4.31 Å². The predicted molar refractivity (Wildman–Crippen MR) is 80.8 cm³/mol. The number of sulfonamides is 1. The van der Waals surface area contributed by atoms with Gasteiger partial charge in [0.15, 0.2) is 4.90 Å². The number of benzene rings is 1. The average molecular weight is 374 g/mol. The van der Waals surface area contributed by atoms with Gasteiger partial charge in [-0.3, -0.25) is 14.5 Å². The van der Waals surface area contributed by atoms with Crippen LogP contribution in [0.25, 0.3) is 0 Å². The smallest absolute Gasteiger partial charge is 0.255 e. The van der Waals surface area contributed by atoms with Gasteiger partial charge in [-0.1, -0.05) is 6.07 Å². The first kappa shape index (κ1) is 17.9. The Bertz CT molecular complexity index is 770. The van der Waals surface area contributed by atoms with E-state index in [0.717, 1.165) is 27.4 Å². The van der Waals surface area contributed by atoms with Crippen molar-refractivity contribution in [2.75, 3.05) is 26.3 Å². The van der Waals surface area contributed by atoms with Crippen molar-refractivity contribution in [3.63, 3.8) is 0 Å². The molecule has 0 spiro atoms. The Kier molecular flexibility index (Phi) is 4.85. The lowest BCUT2D eigenvalue weighted by Gasteiger charge is -2.38. The zero-order valence-corrected chi connectivity index (χ0v) is 14.0. The van der Waals surface area contributed by atoms with E-state index in [9.17, 15) is 26.8 Å². The van der Waals surface area contributed by atoms with Gasteiger partial charge in [0, 0.05) is 19.1 Å². The van der Waals surface area contributed by atoms with E-state index in [1.165, 1.54) is 0 Å². The molecular formula is C15H16F2N2O5S. The fraction of sp³-hybridized carbons (Fsp3) is 0.467. The molecule has 10 heteroatoms. The lowest BCUT2D eigenvalue weighted by atomic mass is 10.0. The molecule has 0 aromatic heterocycles. The first-order chi connectivity index (χ1) is 11.8. The maximum absolute atomic E-state index is 13.8. The summed E-state index contributed by atoms with van der Waals surface area (Å²) in [7, 11) is -4.33. The molecule has 136 valence electrons. The number of imide groups is 1. The quantitative estimate of drug-likeness (QED) is 0.720. The first-order valence-corrected chi connectivity index (χ1v) is 9.13. The minimum atomic E-state index is -4.33. The van der Waals surface area contributed by atoms with Crippen molar-refractivity contribution in [2.45, 2.75) is 23.8 Å². The van der Waals surface area contributed by atoms with Crippen molar-refractivity contribution >= 4 is 21.8 Å². The number of halogens is 2. The first-order valence-electron chi connectivity index (χ1n) is 7.69. The number of hydrogen-bond donors (Lipinski definition) is 0. The highest BCUT2D eigenvalue weighted by molar-refractivity contribution is 7.89. The van der Waals surface area contributed by atoms with Crippen LogP contribution in [0.5, 0.6) is 0 Å². The maximum Gasteiger partial charge on any atom is 0.255 e. The highest BCUT2D eigenvalue weighted by Crippen LogP contribution is 2.27. The van der Waals surface area contributed by atoms with Gasteiger partial charge in [0.05, 0.1) is 0 Å². The minimum Gasteiger partial charge on any atom is -0.362 e. The molecular weight excluding hydrogens is 358 g/mol. The van der Waals surface area contributed by atoms with E-state index in [0.29, 0.717) is 0 Å². The SMILES string of the molecule is O=C1COCC(=O)N1C1CCN(S(=O)(=O)c2c(F)cccc2F)CC1. The van der Waals surface area contributed by atoms with Gasteiger partial charge in [-0.15, -0.1) is 0 Å². The molecule has 2 fully saturated rings. The largest absolute Gasteiger partial charge is 0.362 e. The molecule has 0 saturated carbocycles. The Labute approximate surface area is 143 Å². The van der Waals surface area contributed by atoms with E-state index in [1.54, 1.807) is 0 Å². The zero-order valence-electron chi connectivity index (χ0n) is 13.2. The third-order valence-corrected chi connectivity index (χ3v) is 6.24. The number of morpholine rings is 1. The van der Waals surface area contributed by atoms with Gasteiger partial charge >= 0.3 is 0 Å². The molecule has 1 aromatic rings. The molecule has 2 amide bonds. The molecule has 2 aliphatic rings. The fourth-order valence-electron chi connectivity index (χ4n) is 3.11. The summed E-state index contributed by atoms with van der Waals surface area (Å²) in [6, 6.07) is 2.41. The third-order valence-electron chi connectivity index (χ3n) is 4.29. The van der Waals surface area contributed by atoms with Crippen LogP contribution in [0.2, 0.25) is 0 Å². The van der Waals surface area contributed by atoms with Crippen LogP contribution in [0.4, 0.5) is 8.78 Å². The van der Waals surface area contributed by atoms with Gasteiger partial charge in [0.2, 0.25) is 10.0 Å². The van der Waals surface area contributed by atoms with Crippen molar-refractivity contribution in [3.8, 4) is 0 Å². The topological polar surface area (TPSA) is 84.0 Å². The maximum atomic E-state index is 13.8. The normalized spacial score (nSPS) is 21.0. The minimum absolute atomic E-state index is 0.0430. The number of ether oxygens (including phenoxy) is 1. The molecule has 2 heterocycles. The van der Waals surface area contributed by atoms with Crippen molar-refractivity contribution in [3.05, 3.63) is 29.8 Å². The number of amides is 2. The Morgan fingerprint density at radius 2 is 1.52 bits per heavy atom. The molecule has 0 atom stereocenters. The Morgan fingerprint density at radius 1 is 1.00 bits per heavy atom. The Hall–Kier alpha value is -1.91. The zero-order chi connectivity index (χ0) is 18.2. The second-order valence-electron chi connectivity index (χ2n) is 5.84. The van der Waals surface area contributed by atoms with Gasteiger partial charge in [0.25, 0.3) is 11.8 Å². The standard InChI is InChI=1S/C15H16F2N2O5S/c16-11-2-1-3-12(17)15(11)25(22,23)18-6-4-10(5-7-18)19-13(20)8-24-9-14(19)21/h1-3,10H,4-9H2. The van der Waals surface area contributed by atoms with Gasteiger partial charge in [0.1, 0.15) is 24.8 Å². The van der Waals surface area contributed by atoms with Crippen LogP contribution in [0.3, 0.4) is 0 Å². The molecule has 3 rings (SSSR count). The number of piperidine rings is 1. The predicted octanol–water partition coefficient (Wildman–Crippen LogP) is 0.503. The van der Waals surface area contributed by atoms with Crippen molar-refractivity contribution < 1.29 is 31.5 Å². The molecule has 7 nitrogen and oxygen atoms in total. The lowest BCUT2D eigenvalue weighted by Crippen LogP contribution is -2.55. The third kappa shape index (κ3) is 3.29. The van der Waals surface area contributed by atoms with E-state index in [4.69, 9.17) is 4.74 Å². The van der Waals surface area contributed by atoms with E-state index in [-0.39, 0.29) is 39.1 Å². The van der Waals surface area contributed by atoms with Crippen LogP contribution in [-0.4, -0.2) is 61.8 Å². The summed E-state index contributed by atoms with van der Waals surface area (Å²) >= 11 is 0. The summed E-state index contributed by atoms with van der Waals surface area (Å²) in [6.45, 7) is -0.466. The van der Waals surface area contributed by atoms with Crippen LogP contribution in [-0.2, 0) is 24.3 Å². The molecule has 0 N–H and O–H groups in total. The van der Waals surface area contributed by atoms with Gasteiger partial charge in [-0.05, 0) is 25.0 Å². The average Bonchev–Trinajstić information content (AvgIpc) is 2.55. The number of carbonyl (C=O) groups is 2. The van der Waals surface area contributed by atoms with Crippen LogP contribution in [0, 0.1) is 11.6 Å². The summed E-state index contributed by atoms with van der Waals surface area (Å²) in [5.74, 6) is -3.23. The highest BCUT2D eigenvalue weighted by atomic mass is 32.2. The lowest BCUT2D eigenvalue weighted by molar-refractivity contribution is -0.162. The van der Waals surface area contributed by atoms with Gasteiger partial charge < -0.3 is 4.74 Å².